The summed E-state index contributed by atoms with van der Waals surface area (Å²) in [5.74, 6) is 1.29. The summed E-state index contributed by atoms with van der Waals surface area (Å²) in [5.41, 5.74) is 3.35. The molecule has 3 aromatic rings. The van der Waals surface area contributed by atoms with E-state index < -0.39 is 0 Å². The van der Waals surface area contributed by atoms with E-state index in [4.69, 9.17) is 4.74 Å². The molecule has 1 fully saturated rings. The Hall–Kier alpha value is -3.06. The number of benzene rings is 2. The van der Waals surface area contributed by atoms with E-state index in [1.54, 1.807) is 42.5 Å². The minimum absolute atomic E-state index is 0.0861. The Labute approximate surface area is 182 Å². The number of carbonyl (C=O) groups is 1. The van der Waals surface area contributed by atoms with Crippen LogP contribution in [0.25, 0.3) is 11.0 Å². The number of rotatable bonds is 6. The maximum absolute atomic E-state index is 12.7. The van der Waals surface area contributed by atoms with E-state index in [-0.39, 0.29) is 11.6 Å². The lowest BCUT2D eigenvalue weighted by atomic mass is 9.96. The number of nitrogens with one attached hydrogen (secondary N) is 1. The number of piperidine rings is 1. The van der Waals surface area contributed by atoms with Gasteiger partial charge in [-0.25, -0.2) is 4.79 Å². The quantitative estimate of drug-likeness (QED) is 0.663. The van der Waals surface area contributed by atoms with Gasteiger partial charge < -0.3 is 10.1 Å². The first kappa shape index (κ1) is 21.2. The van der Waals surface area contributed by atoms with Gasteiger partial charge in [-0.3, -0.25) is 18.8 Å². The number of nitrogens with zero attached hydrogens (tertiary/aromatic N) is 3. The second-order valence-electron chi connectivity index (χ2n) is 8.39. The molecule has 0 unspecified atom stereocenters. The van der Waals surface area contributed by atoms with Crippen LogP contribution in [0.2, 0.25) is 0 Å². The van der Waals surface area contributed by atoms with Crippen molar-refractivity contribution in [3.8, 4) is 5.75 Å². The highest BCUT2D eigenvalue weighted by atomic mass is 16.5. The van der Waals surface area contributed by atoms with E-state index in [0.29, 0.717) is 18.0 Å². The van der Waals surface area contributed by atoms with Crippen molar-refractivity contribution in [2.45, 2.75) is 19.4 Å². The zero-order valence-electron chi connectivity index (χ0n) is 18.4. The molecule has 0 bridgehead atoms. The van der Waals surface area contributed by atoms with Gasteiger partial charge in [-0.1, -0.05) is 12.1 Å². The van der Waals surface area contributed by atoms with E-state index in [1.165, 1.54) is 5.56 Å². The van der Waals surface area contributed by atoms with Crippen LogP contribution in [0.3, 0.4) is 0 Å². The molecule has 1 N–H and O–H groups in total. The molecule has 7 nitrogen and oxygen atoms in total. The highest BCUT2D eigenvalue weighted by Gasteiger charge is 2.20. The molecule has 7 heteroatoms. The molecule has 31 heavy (non-hydrogen) atoms. The Bertz CT molecular complexity index is 1140. The second kappa shape index (κ2) is 8.98. The van der Waals surface area contributed by atoms with Gasteiger partial charge in [0.05, 0.1) is 18.1 Å². The lowest BCUT2D eigenvalue weighted by Gasteiger charge is -2.32. The van der Waals surface area contributed by atoms with Crippen molar-refractivity contribution in [1.82, 2.24) is 19.4 Å². The Morgan fingerprint density at radius 3 is 2.55 bits per heavy atom. The number of fused-ring (bicyclic) bond motifs is 1. The SMILES string of the molecule is COc1cccc(CN2CCC(CNC(=O)c3ccc4c(c3)n(C)c(=O)n4C)CC2)c1. The molecule has 1 aliphatic rings. The van der Waals surface area contributed by atoms with Crippen LogP contribution >= 0.6 is 0 Å². The van der Waals surface area contributed by atoms with Gasteiger partial charge in [0.25, 0.3) is 5.91 Å². The van der Waals surface area contributed by atoms with Crippen LogP contribution in [0.4, 0.5) is 0 Å². The molecule has 0 radical (unpaired) electrons. The fraction of sp³-hybridized carbons (Fsp3) is 0.417. The summed E-state index contributed by atoms with van der Waals surface area (Å²) in [7, 11) is 5.16. The van der Waals surface area contributed by atoms with Crippen LogP contribution < -0.4 is 15.7 Å². The maximum Gasteiger partial charge on any atom is 0.328 e. The van der Waals surface area contributed by atoms with Gasteiger partial charge in [-0.2, -0.15) is 0 Å². The first-order chi connectivity index (χ1) is 15.0. The Balaban J connectivity index is 1.29. The van der Waals surface area contributed by atoms with Crippen molar-refractivity contribution in [3.63, 3.8) is 0 Å². The zero-order valence-corrected chi connectivity index (χ0v) is 18.4. The van der Waals surface area contributed by atoms with E-state index in [1.807, 2.05) is 18.2 Å². The smallest absolute Gasteiger partial charge is 0.328 e. The Kier molecular flexibility index (Phi) is 6.13. The molecule has 2 aromatic carbocycles. The fourth-order valence-electron chi connectivity index (χ4n) is 4.36. The third-order valence-electron chi connectivity index (χ3n) is 6.33. The third kappa shape index (κ3) is 4.51. The van der Waals surface area contributed by atoms with Crippen molar-refractivity contribution in [1.29, 1.82) is 0 Å². The zero-order chi connectivity index (χ0) is 22.0. The van der Waals surface area contributed by atoms with Crippen LogP contribution in [0.1, 0.15) is 28.8 Å². The molecular weight excluding hydrogens is 392 g/mol. The standard InChI is InChI=1S/C24H30N4O3/c1-26-21-8-7-19(14-22(21)27(2)24(26)30)23(29)25-15-17-9-11-28(12-10-17)16-18-5-4-6-20(13-18)31-3/h4-8,13-14,17H,9-12,15-16H2,1-3H3,(H,25,29). The molecule has 1 saturated heterocycles. The van der Waals surface area contributed by atoms with E-state index in [0.717, 1.165) is 49.3 Å². The van der Waals surface area contributed by atoms with Crippen molar-refractivity contribution >= 4 is 16.9 Å². The molecule has 4 rings (SSSR count). The summed E-state index contributed by atoms with van der Waals surface area (Å²) in [6, 6.07) is 13.6. The van der Waals surface area contributed by atoms with Crippen molar-refractivity contribution in [2.75, 3.05) is 26.7 Å². The number of ether oxygens (including phenoxy) is 1. The highest BCUT2D eigenvalue weighted by Crippen LogP contribution is 2.21. The first-order valence-electron chi connectivity index (χ1n) is 10.7. The number of hydrogen-bond donors (Lipinski definition) is 1. The molecule has 0 spiro atoms. The molecule has 164 valence electrons. The molecule has 2 heterocycles. The number of imidazole rings is 1. The topological polar surface area (TPSA) is 68.5 Å². The summed E-state index contributed by atoms with van der Waals surface area (Å²) < 4.78 is 8.48. The number of carbonyl (C=O) groups excluding carboxylic acids is 1. The van der Waals surface area contributed by atoms with Crippen LogP contribution in [0.15, 0.2) is 47.3 Å². The van der Waals surface area contributed by atoms with Crippen molar-refractivity contribution < 1.29 is 9.53 Å². The number of likely N-dealkylation sites (tertiary alicyclic amines) is 1. The molecule has 1 aromatic heterocycles. The van der Waals surface area contributed by atoms with E-state index in [9.17, 15) is 9.59 Å². The second-order valence-corrected chi connectivity index (χ2v) is 8.39. The average molecular weight is 423 g/mol. The molecule has 0 atom stereocenters. The summed E-state index contributed by atoms with van der Waals surface area (Å²) in [4.78, 5) is 27.2. The fourth-order valence-corrected chi connectivity index (χ4v) is 4.36. The average Bonchev–Trinajstić information content (AvgIpc) is 3.02. The van der Waals surface area contributed by atoms with E-state index in [2.05, 4.69) is 22.3 Å². The number of hydrogen-bond acceptors (Lipinski definition) is 4. The normalized spacial score (nSPS) is 15.3. The lowest BCUT2D eigenvalue weighted by Crippen LogP contribution is -2.38. The van der Waals surface area contributed by atoms with Gasteiger partial charge in [0.15, 0.2) is 0 Å². The molecule has 1 amide bonds. The Morgan fingerprint density at radius 2 is 1.81 bits per heavy atom. The largest absolute Gasteiger partial charge is 0.497 e. The van der Waals surface area contributed by atoms with Crippen LogP contribution in [-0.2, 0) is 20.6 Å². The highest BCUT2D eigenvalue weighted by molar-refractivity contribution is 5.97. The predicted octanol–water partition coefficient (Wildman–Crippen LogP) is 2.53. The summed E-state index contributed by atoms with van der Waals surface area (Å²) in [5, 5.41) is 3.09. The molecular formula is C24H30N4O3. The monoisotopic (exact) mass is 422 g/mol. The van der Waals surface area contributed by atoms with Crippen LogP contribution in [-0.4, -0.2) is 46.7 Å². The minimum atomic E-state index is -0.0896. The predicted molar refractivity (Wildman–Crippen MR) is 121 cm³/mol. The van der Waals surface area contributed by atoms with Gasteiger partial charge in [0.1, 0.15) is 5.75 Å². The van der Waals surface area contributed by atoms with Gasteiger partial charge >= 0.3 is 5.69 Å². The van der Waals surface area contributed by atoms with Gasteiger partial charge in [-0.15, -0.1) is 0 Å². The number of amides is 1. The maximum atomic E-state index is 12.7. The van der Waals surface area contributed by atoms with Gasteiger partial charge in [0, 0.05) is 32.7 Å². The van der Waals surface area contributed by atoms with Crippen LogP contribution in [0, 0.1) is 5.92 Å². The lowest BCUT2D eigenvalue weighted by molar-refractivity contribution is 0.0935. The third-order valence-corrected chi connectivity index (χ3v) is 6.33. The number of aryl methyl sites for hydroxylation is 2. The molecule has 0 aliphatic carbocycles. The number of aromatic nitrogens is 2. The Morgan fingerprint density at radius 1 is 1.06 bits per heavy atom. The van der Waals surface area contributed by atoms with Gasteiger partial charge in [-0.05, 0) is 67.7 Å². The van der Waals surface area contributed by atoms with Crippen molar-refractivity contribution in [3.05, 3.63) is 64.1 Å². The summed E-state index contributed by atoms with van der Waals surface area (Å²) in [6.07, 6.45) is 2.13. The molecule has 0 saturated carbocycles. The first-order valence-corrected chi connectivity index (χ1v) is 10.7. The summed E-state index contributed by atoms with van der Waals surface area (Å²) in [6.45, 7) is 3.65. The van der Waals surface area contributed by atoms with Gasteiger partial charge in [0.2, 0.25) is 0 Å². The minimum Gasteiger partial charge on any atom is -0.497 e. The van der Waals surface area contributed by atoms with Crippen molar-refractivity contribution in [2.24, 2.45) is 20.0 Å². The number of methoxy groups -OCH3 is 1. The summed E-state index contributed by atoms with van der Waals surface area (Å²) >= 11 is 0. The van der Waals surface area contributed by atoms with E-state index >= 15 is 0 Å². The molecule has 1 aliphatic heterocycles. The van der Waals surface area contributed by atoms with Crippen LogP contribution in [0.5, 0.6) is 5.75 Å².